The molecule has 1 aliphatic carbocycles. The van der Waals surface area contributed by atoms with Gasteiger partial charge < -0.3 is 9.84 Å². The van der Waals surface area contributed by atoms with Gasteiger partial charge in [-0.3, -0.25) is 4.79 Å². The Kier molecular flexibility index (Phi) is 4.24. The third-order valence-electron chi connectivity index (χ3n) is 3.22. The lowest BCUT2D eigenvalue weighted by Gasteiger charge is -2.20. The average molecular weight is 327 g/mol. The van der Waals surface area contributed by atoms with Crippen molar-refractivity contribution in [3.63, 3.8) is 0 Å². The number of benzene rings is 1. The van der Waals surface area contributed by atoms with Crippen molar-refractivity contribution in [1.82, 2.24) is 0 Å². The molecule has 1 aliphatic rings. The Morgan fingerprint density at radius 1 is 1.58 bits per heavy atom. The monoisotopic (exact) mass is 326 g/mol. The van der Waals surface area contributed by atoms with Crippen LogP contribution in [-0.4, -0.2) is 27.8 Å². The second-order valence-corrected chi connectivity index (χ2v) is 5.65. The number of ether oxygens (including phenoxy) is 1. The van der Waals surface area contributed by atoms with Crippen LogP contribution in [0.5, 0.6) is 5.75 Å². The maximum atomic E-state index is 11.9. The molecule has 1 aromatic rings. The summed E-state index contributed by atoms with van der Waals surface area (Å²) >= 11 is 3.35. The zero-order valence-corrected chi connectivity index (χ0v) is 12.1. The Morgan fingerprint density at radius 3 is 2.95 bits per heavy atom. The molecule has 0 saturated heterocycles. The molecule has 0 radical (unpaired) electrons. The van der Waals surface area contributed by atoms with Crippen molar-refractivity contribution in [3.05, 3.63) is 29.3 Å². The highest BCUT2D eigenvalue weighted by atomic mass is 79.9. The molecular weight excluding hydrogens is 312 g/mol. The summed E-state index contributed by atoms with van der Waals surface area (Å²) in [6, 6.07) is 5.15. The third kappa shape index (κ3) is 2.97. The van der Waals surface area contributed by atoms with Gasteiger partial charge in [-0.25, -0.2) is 4.79 Å². The molecule has 19 heavy (non-hydrogen) atoms. The lowest BCUT2D eigenvalue weighted by Crippen LogP contribution is -2.26. The van der Waals surface area contributed by atoms with Crippen molar-refractivity contribution in [3.8, 4) is 5.75 Å². The molecule has 102 valence electrons. The normalized spacial score (nSPS) is 19.7. The predicted molar refractivity (Wildman–Crippen MR) is 74.2 cm³/mol. The van der Waals surface area contributed by atoms with E-state index >= 15 is 0 Å². The van der Waals surface area contributed by atoms with Crippen molar-refractivity contribution in [2.24, 2.45) is 0 Å². The van der Waals surface area contributed by atoms with Gasteiger partial charge in [0.2, 0.25) is 0 Å². The van der Waals surface area contributed by atoms with Crippen LogP contribution in [0, 0.1) is 0 Å². The van der Waals surface area contributed by atoms with Crippen LogP contribution < -0.4 is 4.74 Å². The van der Waals surface area contributed by atoms with Gasteiger partial charge in [0.05, 0.1) is 4.83 Å². The van der Waals surface area contributed by atoms with Crippen molar-refractivity contribution in [1.29, 1.82) is 0 Å². The van der Waals surface area contributed by atoms with Crippen LogP contribution >= 0.6 is 15.9 Å². The Balaban J connectivity index is 2.22. The number of carboxylic acids is 1. The quantitative estimate of drug-likeness (QED) is 0.864. The average Bonchev–Trinajstić information content (AvgIpc) is 2.40. The van der Waals surface area contributed by atoms with E-state index in [1.807, 2.05) is 0 Å². The Bertz CT molecular complexity index is 512. The van der Waals surface area contributed by atoms with Crippen LogP contribution in [0.2, 0.25) is 0 Å². The summed E-state index contributed by atoms with van der Waals surface area (Å²) in [5.74, 6) is -0.385. The highest BCUT2D eigenvalue weighted by molar-refractivity contribution is 9.10. The molecule has 5 heteroatoms. The van der Waals surface area contributed by atoms with E-state index in [1.165, 1.54) is 0 Å². The Hall–Kier alpha value is -1.36. The van der Waals surface area contributed by atoms with Crippen LogP contribution in [0.15, 0.2) is 18.2 Å². The SMILES string of the molecule is CCC(Oc1ccc2c(c1)CCC(Br)C2=O)C(=O)O. The molecule has 0 heterocycles. The zero-order valence-electron chi connectivity index (χ0n) is 10.6. The van der Waals surface area contributed by atoms with Crippen LogP contribution in [0.25, 0.3) is 0 Å². The molecule has 1 N–H and O–H groups in total. The molecular formula is C14H15BrO4. The van der Waals surface area contributed by atoms with Gasteiger partial charge in [-0.15, -0.1) is 0 Å². The highest BCUT2D eigenvalue weighted by Gasteiger charge is 2.26. The zero-order chi connectivity index (χ0) is 14.0. The van der Waals surface area contributed by atoms with Gasteiger partial charge in [-0.05, 0) is 43.0 Å². The molecule has 2 atom stereocenters. The minimum Gasteiger partial charge on any atom is -0.479 e. The topological polar surface area (TPSA) is 63.6 Å². The van der Waals surface area contributed by atoms with Gasteiger partial charge in [0.15, 0.2) is 11.9 Å². The van der Waals surface area contributed by atoms with Gasteiger partial charge in [-0.2, -0.15) is 0 Å². The molecule has 2 unspecified atom stereocenters. The van der Waals surface area contributed by atoms with Gasteiger partial charge in [0.1, 0.15) is 5.75 Å². The summed E-state index contributed by atoms with van der Waals surface area (Å²) in [4.78, 5) is 22.7. The number of carbonyl (C=O) groups excluding carboxylic acids is 1. The first-order valence-electron chi connectivity index (χ1n) is 6.23. The largest absolute Gasteiger partial charge is 0.479 e. The van der Waals surface area contributed by atoms with E-state index < -0.39 is 12.1 Å². The number of halogens is 1. The number of carboxylic acid groups (broad SMARTS) is 1. The number of hydrogen-bond donors (Lipinski definition) is 1. The van der Waals surface area contributed by atoms with Crippen molar-refractivity contribution < 1.29 is 19.4 Å². The first kappa shape index (κ1) is 14.1. The van der Waals surface area contributed by atoms with E-state index in [9.17, 15) is 9.59 Å². The van der Waals surface area contributed by atoms with Crippen molar-refractivity contribution in [2.75, 3.05) is 0 Å². The first-order valence-corrected chi connectivity index (χ1v) is 7.15. The summed E-state index contributed by atoms with van der Waals surface area (Å²) in [5.41, 5.74) is 1.63. The Labute approximate surface area is 119 Å². The maximum absolute atomic E-state index is 11.9. The number of aryl methyl sites for hydroxylation is 1. The second kappa shape index (κ2) is 5.74. The molecule has 0 bridgehead atoms. The van der Waals surface area contributed by atoms with E-state index in [2.05, 4.69) is 15.9 Å². The fourth-order valence-electron chi connectivity index (χ4n) is 2.15. The van der Waals surface area contributed by atoms with Crippen LogP contribution in [0.3, 0.4) is 0 Å². The van der Waals surface area contributed by atoms with E-state index in [4.69, 9.17) is 9.84 Å². The standard InChI is InChI=1S/C14H15BrO4/c1-2-12(14(17)18)19-9-4-5-10-8(7-9)3-6-11(15)13(10)16/h4-5,7,11-12H,2-3,6H2,1H3,(H,17,18). The molecule has 0 amide bonds. The second-order valence-electron chi connectivity index (χ2n) is 4.54. The van der Waals surface area contributed by atoms with Gasteiger partial charge in [0, 0.05) is 5.56 Å². The number of ketones is 1. The van der Waals surface area contributed by atoms with Gasteiger partial charge >= 0.3 is 5.97 Å². The Morgan fingerprint density at radius 2 is 2.32 bits per heavy atom. The molecule has 0 fully saturated rings. The van der Waals surface area contributed by atoms with Crippen LogP contribution in [0.4, 0.5) is 0 Å². The summed E-state index contributed by atoms with van der Waals surface area (Å²) in [5, 5.41) is 8.96. The number of aliphatic carboxylic acids is 1. The lowest BCUT2D eigenvalue weighted by molar-refractivity contribution is -0.145. The molecule has 0 spiro atoms. The molecule has 0 aliphatic heterocycles. The van der Waals surface area contributed by atoms with Gasteiger partial charge in [-0.1, -0.05) is 22.9 Å². The summed E-state index contributed by atoms with van der Waals surface area (Å²) in [6.07, 6.45) is 1.10. The molecule has 2 rings (SSSR count). The third-order valence-corrected chi connectivity index (χ3v) is 4.09. The minimum atomic E-state index is -0.975. The number of hydrogen-bond acceptors (Lipinski definition) is 3. The lowest BCUT2D eigenvalue weighted by atomic mass is 9.90. The van der Waals surface area contributed by atoms with Crippen LogP contribution in [0.1, 0.15) is 35.7 Å². The number of carbonyl (C=O) groups is 2. The van der Waals surface area contributed by atoms with E-state index in [0.29, 0.717) is 17.7 Å². The molecule has 0 aromatic heterocycles. The number of fused-ring (bicyclic) bond motifs is 1. The fourth-order valence-corrected chi connectivity index (χ4v) is 2.62. The summed E-state index contributed by atoms with van der Waals surface area (Å²) in [7, 11) is 0. The molecule has 4 nitrogen and oxygen atoms in total. The summed E-state index contributed by atoms with van der Waals surface area (Å²) in [6.45, 7) is 1.76. The van der Waals surface area contributed by atoms with Gasteiger partial charge in [0.25, 0.3) is 0 Å². The maximum Gasteiger partial charge on any atom is 0.344 e. The highest BCUT2D eigenvalue weighted by Crippen LogP contribution is 2.29. The molecule has 0 saturated carbocycles. The summed E-state index contributed by atoms with van der Waals surface area (Å²) < 4.78 is 5.43. The van der Waals surface area contributed by atoms with Crippen molar-refractivity contribution >= 4 is 27.7 Å². The number of alkyl halides is 1. The smallest absolute Gasteiger partial charge is 0.344 e. The molecule has 1 aromatic carbocycles. The van der Waals surface area contributed by atoms with E-state index in [0.717, 1.165) is 18.4 Å². The van der Waals surface area contributed by atoms with E-state index in [-0.39, 0.29) is 10.6 Å². The predicted octanol–water partition coefficient (Wildman–Crippen LogP) is 2.82. The van der Waals surface area contributed by atoms with Crippen LogP contribution in [-0.2, 0) is 11.2 Å². The van der Waals surface area contributed by atoms with E-state index in [1.54, 1.807) is 25.1 Å². The van der Waals surface area contributed by atoms with Crippen molar-refractivity contribution in [2.45, 2.75) is 37.1 Å². The fraction of sp³-hybridized carbons (Fsp3) is 0.429. The number of rotatable bonds is 4. The minimum absolute atomic E-state index is 0.0816. The first-order chi connectivity index (χ1) is 9.02. The number of Topliss-reactive ketones (excluding diaryl/α,β-unsaturated/α-hetero) is 1.